The minimum atomic E-state index is -4.08. The molecule has 1 unspecified atom stereocenters. The fourth-order valence-corrected chi connectivity index (χ4v) is 4.33. The Morgan fingerprint density at radius 2 is 1.75 bits per heavy atom. The molecule has 0 heterocycles. The lowest BCUT2D eigenvalue weighted by Crippen LogP contribution is -2.30. The quantitative estimate of drug-likeness (QED) is 0.537. The van der Waals surface area contributed by atoms with Gasteiger partial charge >= 0.3 is 0 Å². The first-order chi connectivity index (χ1) is 15.1. The predicted octanol–water partition coefficient (Wildman–Crippen LogP) is 3.91. The number of rotatable bonds is 7. The van der Waals surface area contributed by atoms with Crippen molar-refractivity contribution in [1.82, 2.24) is 5.32 Å². The van der Waals surface area contributed by atoms with Gasteiger partial charge in [-0.1, -0.05) is 23.7 Å². The van der Waals surface area contributed by atoms with Gasteiger partial charge in [0.05, 0.1) is 27.3 Å². The molecule has 0 aliphatic rings. The molecule has 1 atom stereocenters. The Bertz CT molecular complexity index is 1240. The molecule has 0 spiro atoms. The van der Waals surface area contributed by atoms with Gasteiger partial charge in [0, 0.05) is 13.6 Å². The number of hydrogen-bond donors (Lipinski definition) is 2. The van der Waals surface area contributed by atoms with E-state index in [1.54, 1.807) is 0 Å². The summed E-state index contributed by atoms with van der Waals surface area (Å²) in [6.07, 6.45) is -1.18. The number of amides is 1. The first-order valence-electron chi connectivity index (χ1n) is 9.35. The van der Waals surface area contributed by atoms with Crippen molar-refractivity contribution in [3.05, 3.63) is 94.5 Å². The smallest absolute Gasteiger partial charge is 0.264 e. The van der Waals surface area contributed by atoms with Gasteiger partial charge in [0.25, 0.3) is 15.9 Å². The van der Waals surface area contributed by atoms with Gasteiger partial charge < -0.3 is 10.4 Å². The molecule has 0 radical (unpaired) electrons. The maximum absolute atomic E-state index is 13.3. The summed E-state index contributed by atoms with van der Waals surface area (Å²) >= 11 is 6.09. The number of hydrogen-bond acceptors (Lipinski definition) is 4. The summed E-state index contributed by atoms with van der Waals surface area (Å²) in [5.41, 5.74) is 0.380. The van der Waals surface area contributed by atoms with Crippen molar-refractivity contribution in [3.63, 3.8) is 0 Å². The van der Waals surface area contributed by atoms with Crippen molar-refractivity contribution in [1.29, 1.82) is 0 Å². The molecule has 0 aliphatic carbocycles. The summed E-state index contributed by atoms with van der Waals surface area (Å²) in [6.45, 7) is -0.245. The van der Waals surface area contributed by atoms with Crippen molar-refractivity contribution in [3.8, 4) is 0 Å². The molecule has 0 aromatic heterocycles. The molecule has 0 fully saturated rings. The Labute approximate surface area is 189 Å². The first kappa shape index (κ1) is 23.6. The highest BCUT2D eigenvalue weighted by molar-refractivity contribution is 7.92. The number of carbonyl (C=O) groups excluding carboxylic acids is 1. The van der Waals surface area contributed by atoms with E-state index in [1.807, 2.05) is 0 Å². The SMILES string of the molecule is CN(c1ccc(F)cc1)S(=O)(=O)c1ccc(Cl)c(C(=O)NCC(O)c2cccc(F)c2)c1. The molecule has 0 saturated heterocycles. The lowest BCUT2D eigenvalue weighted by Gasteiger charge is -2.20. The van der Waals surface area contributed by atoms with E-state index in [0.29, 0.717) is 0 Å². The number of sulfonamides is 1. The highest BCUT2D eigenvalue weighted by Gasteiger charge is 2.24. The fourth-order valence-electron chi connectivity index (χ4n) is 2.90. The third kappa shape index (κ3) is 5.24. The second kappa shape index (κ2) is 9.64. The van der Waals surface area contributed by atoms with Gasteiger partial charge in [-0.3, -0.25) is 9.10 Å². The topological polar surface area (TPSA) is 86.7 Å². The molecule has 0 aliphatic heterocycles. The number of benzene rings is 3. The summed E-state index contributed by atoms with van der Waals surface area (Å²) in [5.74, 6) is -1.75. The van der Waals surface area contributed by atoms with Crippen LogP contribution in [0, 0.1) is 11.6 Å². The number of anilines is 1. The van der Waals surface area contributed by atoms with Gasteiger partial charge in [0.15, 0.2) is 0 Å². The van der Waals surface area contributed by atoms with Crippen LogP contribution in [0.2, 0.25) is 5.02 Å². The zero-order valence-corrected chi connectivity index (χ0v) is 18.4. The Kier molecular flexibility index (Phi) is 7.12. The first-order valence-corrected chi connectivity index (χ1v) is 11.2. The van der Waals surface area contributed by atoms with E-state index in [0.717, 1.165) is 28.6 Å². The fraction of sp³-hybridized carbons (Fsp3) is 0.136. The highest BCUT2D eigenvalue weighted by Crippen LogP contribution is 2.26. The number of nitrogens with zero attached hydrogens (tertiary/aromatic N) is 1. The summed E-state index contributed by atoms with van der Waals surface area (Å²) < 4.78 is 53.3. The molecule has 3 rings (SSSR count). The largest absolute Gasteiger partial charge is 0.387 e. The summed E-state index contributed by atoms with van der Waals surface area (Å²) in [4.78, 5) is 12.4. The molecule has 1 amide bonds. The summed E-state index contributed by atoms with van der Waals surface area (Å²) in [5, 5.41) is 12.6. The van der Waals surface area contributed by atoms with Crippen LogP contribution in [-0.2, 0) is 10.0 Å². The molecular weight excluding hydrogens is 462 g/mol. The Morgan fingerprint density at radius 3 is 2.41 bits per heavy atom. The van der Waals surface area contributed by atoms with E-state index in [-0.39, 0.29) is 33.3 Å². The zero-order chi connectivity index (χ0) is 23.5. The van der Waals surface area contributed by atoms with E-state index >= 15 is 0 Å². The minimum Gasteiger partial charge on any atom is -0.387 e. The predicted molar refractivity (Wildman–Crippen MR) is 117 cm³/mol. The van der Waals surface area contributed by atoms with Gasteiger partial charge in [-0.2, -0.15) is 0 Å². The highest BCUT2D eigenvalue weighted by atomic mass is 35.5. The van der Waals surface area contributed by atoms with Crippen LogP contribution in [0.5, 0.6) is 0 Å². The molecule has 32 heavy (non-hydrogen) atoms. The molecule has 2 N–H and O–H groups in total. The van der Waals surface area contributed by atoms with Crippen LogP contribution in [0.25, 0.3) is 0 Å². The van der Waals surface area contributed by atoms with E-state index < -0.39 is 33.7 Å². The number of nitrogens with one attached hydrogen (secondary N) is 1. The van der Waals surface area contributed by atoms with Crippen LogP contribution in [0.15, 0.2) is 71.6 Å². The van der Waals surface area contributed by atoms with Gasteiger partial charge in [0.1, 0.15) is 11.6 Å². The van der Waals surface area contributed by atoms with Gasteiger partial charge in [-0.15, -0.1) is 0 Å². The normalized spacial score (nSPS) is 12.3. The molecule has 6 nitrogen and oxygen atoms in total. The third-order valence-electron chi connectivity index (χ3n) is 4.72. The van der Waals surface area contributed by atoms with Crippen molar-refractivity contribution in [2.75, 3.05) is 17.9 Å². The lowest BCUT2D eigenvalue weighted by molar-refractivity contribution is 0.0916. The Balaban J connectivity index is 1.79. The molecule has 3 aromatic rings. The van der Waals surface area contributed by atoms with E-state index in [1.165, 1.54) is 49.5 Å². The molecule has 0 saturated carbocycles. The third-order valence-corrected chi connectivity index (χ3v) is 6.83. The van der Waals surface area contributed by atoms with Gasteiger partial charge in [0.2, 0.25) is 0 Å². The zero-order valence-electron chi connectivity index (χ0n) is 16.8. The molecular formula is C22H19ClF2N2O4S. The summed E-state index contributed by atoms with van der Waals surface area (Å²) in [7, 11) is -2.78. The minimum absolute atomic E-state index is 0.00568. The van der Waals surface area contributed by atoms with Crippen LogP contribution >= 0.6 is 11.6 Å². The van der Waals surface area contributed by atoms with Crippen LogP contribution in [0.1, 0.15) is 22.0 Å². The Morgan fingerprint density at radius 1 is 1.06 bits per heavy atom. The van der Waals surface area contributed by atoms with E-state index in [2.05, 4.69) is 5.32 Å². The second-order valence-corrected chi connectivity index (χ2v) is 9.25. The summed E-state index contributed by atoms with van der Waals surface area (Å²) in [6, 6.07) is 13.8. The number of aliphatic hydroxyl groups excluding tert-OH is 1. The van der Waals surface area contributed by atoms with Crippen LogP contribution in [0.4, 0.5) is 14.5 Å². The molecule has 10 heteroatoms. The van der Waals surface area contributed by atoms with Crippen molar-refractivity contribution in [2.45, 2.75) is 11.0 Å². The van der Waals surface area contributed by atoms with Crippen molar-refractivity contribution in [2.24, 2.45) is 0 Å². The molecule has 3 aromatic carbocycles. The van der Waals surface area contributed by atoms with E-state index in [4.69, 9.17) is 11.6 Å². The standard InChI is InChI=1S/C22H19ClF2N2O4S/c1-27(17-7-5-15(24)6-8-17)32(30,31)18-9-10-20(23)19(12-18)22(29)26-13-21(28)14-3-2-4-16(25)11-14/h2-12,21,28H,13H2,1H3,(H,26,29). The lowest BCUT2D eigenvalue weighted by atomic mass is 10.1. The average Bonchev–Trinajstić information content (AvgIpc) is 2.77. The van der Waals surface area contributed by atoms with Crippen LogP contribution < -0.4 is 9.62 Å². The van der Waals surface area contributed by atoms with Gasteiger partial charge in [-0.05, 0) is 60.2 Å². The van der Waals surface area contributed by atoms with Crippen molar-refractivity contribution < 1.29 is 27.1 Å². The van der Waals surface area contributed by atoms with E-state index in [9.17, 15) is 27.1 Å². The number of aliphatic hydroxyl groups is 1. The van der Waals surface area contributed by atoms with Crippen LogP contribution in [-0.4, -0.2) is 33.0 Å². The van der Waals surface area contributed by atoms with Crippen molar-refractivity contribution >= 4 is 33.2 Å². The van der Waals surface area contributed by atoms with Gasteiger partial charge in [-0.25, -0.2) is 17.2 Å². The maximum atomic E-state index is 13.3. The Hall–Kier alpha value is -3.01. The number of halogens is 3. The second-order valence-electron chi connectivity index (χ2n) is 6.87. The maximum Gasteiger partial charge on any atom is 0.264 e. The monoisotopic (exact) mass is 480 g/mol. The number of carbonyl (C=O) groups is 1. The molecule has 0 bridgehead atoms. The molecule has 168 valence electrons. The van der Waals surface area contributed by atoms with Crippen LogP contribution in [0.3, 0.4) is 0 Å². The average molecular weight is 481 g/mol.